The predicted molar refractivity (Wildman–Crippen MR) is 130 cm³/mol. The minimum Gasteiger partial charge on any atom is -0.496 e. The van der Waals surface area contributed by atoms with Crippen LogP contribution in [0.4, 0.5) is 0 Å². The van der Waals surface area contributed by atoms with E-state index in [-0.39, 0.29) is 17.7 Å². The van der Waals surface area contributed by atoms with E-state index in [2.05, 4.69) is 10.3 Å². The van der Waals surface area contributed by atoms with E-state index in [1.165, 1.54) is 11.3 Å². The van der Waals surface area contributed by atoms with Crippen LogP contribution in [0.2, 0.25) is 0 Å². The number of hydrogen-bond acceptors (Lipinski definition) is 5. The van der Waals surface area contributed by atoms with Crippen LogP contribution in [-0.4, -0.2) is 41.9 Å². The molecular weight excluding hydrogens is 434 g/mol. The number of ether oxygens (including phenoxy) is 1. The molecule has 0 aliphatic carbocycles. The van der Waals surface area contributed by atoms with Crippen LogP contribution in [0.1, 0.15) is 40.2 Å². The molecule has 1 aromatic heterocycles. The number of methoxy groups -OCH3 is 1. The van der Waals surface area contributed by atoms with Gasteiger partial charge in [-0.25, -0.2) is 4.98 Å². The van der Waals surface area contributed by atoms with E-state index < -0.39 is 0 Å². The van der Waals surface area contributed by atoms with Crippen molar-refractivity contribution in [2.75, 3.05) is 20.2 Å². The lowest BCUT2D eigenvalue weighted by molar-refractivity contribution is -0.122. The second-order valence-electron chi connectivity index (χ2n) is 8.33. The summed E-state index contributed by atoms with van der Waals surface area (Å²) in [6.07, 6.45) is 2.14. The van der Waals surface area contributed by atoms with E-state index >= 15 is 0 Å². The maximum absolute atomic E-state index is 13.1. The van der Waals surface area contributed by atoms with Crippen molar-refractivity contribution in [2.24, 2.45) is 5.92 Å². The zero-order valence-electron chi connectivity index (χ0n) is 19.0. The Morgan fingerprint density at radius 3 is 2.52 bits per heavy atom. The van der Waals surface area contributed by atoms with Crippen molar-refractivity contribution in [1.82, 2.24) is 15.2 Å². The van der Waals surface area contributed by atoms with Crippen LogP contribution < -0.4 is 10.1 Å². The van der Waals surface area contributed by atoms with E-state index in [0.29, 0.717) is 30.9 Å². The maximum Gasteiger partial charge on any atom is 0.265 e. The van der Waals surface area contributed by atoms with Crippen molar-refractivity contribution >= 4 is 23.2 Å². The second-order valence-corrected chi connectivity index (χ2v) is 9.33. The van der Waals surface area contributed by atoms with Crippen LogP contribution in [0.5, 0.6) is 5.75 Å². The highest BCUT2D eigenvalue weighted by atomic mass is 32.1. The van der Waals surface area contributed by atoms with Gasteiger partial charge in [-0.05, 0) is 31.7 Å². The molecule has 4 rings (SSSR count). The minimum atomic E-state index is 0.0384. The molecule has 0 bridgehead atoms. The number of piperidine rings is 1. The SMILES string of the molecule is COc1ccccc1CNC(=O)CC1CCN(C(=O)c2sc(-c3ccccc3)nc2C)CC1. The number of carbonyl (C=O) groups excluding carboxylic acids is 2. The number of likely N-dealkylation sites (tertiary alicyclic amines) is 1. The smallest absolute Gasteiger partial charge is 0.265 e. The summed E-state index contributed by atoms with van der Waals surface area (Å²) in [7, 11) is 1.63. The Kier molecular flexibility index (Phi) is 7.40. The Bertz CT molecular complexity index is 1100. The molecule has 0 unspecified atom stereocenters. The molecule has 6 nitrogen and oxygen atoms in total. The Labute approximate surface area is 198 Å². The van der Waals surface area contributed by atoms with Crippen molar-refractivity contribution < 1.29 is 14.3 Å². The summed E-state index contributed by atoms with van der Waals surface area (Å²) in [5.74, 6) is 1.15. The number of thiazole rings is 1. The zero-order valence-corrected chi connectivity index (χ0v) is 19.9. The molecule has 1 aliphatic rings. The second kappa shape index (κ2) is 10.6. The molecule has 1 fully saturated rings. The van der Waals surface area contributed by atoms with Crippen LogP contribution in [0.25, 0.3) is 10.6 Å². The molecule has 172 valence electrons. The molecule has 3 aromatic rings. The third-order valence-corrected chi connectivity index (χ3v) is 7.25. The van der Waals surface area contributed by atoms with Gasteiger partial charge in [0, 0.05) is 37.2 Å². The number of carbonyl (C=O) groups is 2. The Morgan fingerprint density at radius 1 is 1.09 bits per heavy atom. The lowest BCUT2D eigenvalue weighted by Crippen LogP contribution is -2.39. The van der Waals surface area contributed by atoms with E-state index in [0.717, 1.165) is 40.4 Å². The molecule has 1 aliphatic heterocycles. The predicted octanol–water partition coefficient (Wildman–Crippen LogP) is 4.69. The molecule has 1 N–H and O–H groups in total. The van der Waals surface area contributed by atoms with Crippen LogP contribution in [0, 0.1) is 12.8 Å². The van der Waals surface area contributed by atoms with Crippen molar-refractivity contribution in [3.8, 4) is 16.3 Å². The highest BCUT2D eigenvalue weighted by Crippen LogP contribution is 2.30. The van der Waals surface area contributed by atoms with Crippen LogP contribution in [0.3, 0.4) is 0 Å². The van der Waals surface area contributed by atoms with Gasteiger partial charge in [0.05, 0.1) is 12.8 Å². The summed E-state index contributed by atoms with van der Waals surface area (Å²) in [6.45, 7) is 3.69. The molecule has 33 heavy (non-hydrogen) atoms. The average molecular weight is 464 g/mol. The van der Waals surface area contributed by atoms with Crippen molar-refractivity contribution in [1.29, 1.82) is 0 Å². The van der Waals surface area contributed by atoms with E-state index in [9.17, 15) is 9.59 Å². The van der Waals surface area contributed by atoms with Gasteiger partial charge in [-0.1, -0.05) is 48.5 Å². The van der Waals surface area contributed by atoms with Gasteiger partial charge in [-0.15, -0.1) is 11.3 Å². The first kappa shape index (κ1) is 23.0. The molecule has 2 aromatic carbocycles. The van der Waals surface area contributed by atoms with Gasteiger partial charge in [0.25, 0.3) is 5.91 Å². The van der Waals surface area contributed by atoms with Crippen molar-refractivity contribution in [3.05, 3.63) is 70.7 Å². The fourth-order valence-corrected chi connectivity index (χ4v) is 5.20. The molecule has 2 heterocycles. The van der Waals surface area contributed by atoms with E-state index in [1.54, 1.807) is 7.11 Å². The third kappa shape index (κ3) is 5.60. The Morgan fingerprint density at radius 2 is 1.79 bits per heavy atom. The first-order valence-electron chi connectivity index (χ1n) is 11.3. The molecule has 0 spiro atoms. The first-order valence-corrected chi connectivity index (χ1v) is 12.1. The fourth-order valence-electron chi connectivity index (χ4n) is 4.16. The molecule has 0 radical (unpaired) electrons. The third-order valence-electron chi connectivity index (χ3n) is 6.06. The first-order chi connectivity index (χ1) is 16.0. The largest absolute Gasteiger partial charge is 0.496 e. The van der Waals surface area contributed by atoms with Gasteiger partial charge in [0.15, 0.2) is 0 Å². The number of benzene rings is 2. The standard InChI is InChI=1S/C26H29N3O3S/c1-18-24(33-25(28-18)20-8-4-3-5-9-20)26(31)29-14-12-19(13-15-29)16-23(30)27-17-21-10-6-7-11-22(21)32-2/h3-11,19H,12-17H2,1-2H3,(H,27,30). The fraction of sp³-hybridized carbons (Fsp3) is 0.346. The summed E-state index contributed by atoms with van der Waals surface area (Å²) in [5, 5.41) is 3.87. The zero-order chi connectivity index (χ0) is 23.2. The molecule has 0 atom stereocenters. The summed E-state index contributed by atoms with van der Waals surface area (Å²) in [5.41, 5.74) is 2.77. The monoisotopic (exact) mass is 463 g/mol. The van der Waals surface area contributed by atoms with Crippen molar-refractivity contribution in [2.45, 2.75) is 32.7 Å². The summed E-state index contributed by atoms with van der Waals surface area (Å²) < 4.78 is 5.34. The molecule has 2 amide bonds. The molecule has 1 saturated heterocycles. The minimum absolute atomic E-state index is 0.0384. The van der Waals surface area contributed by atoms with Gasteiger partial charge in [0.1, 0.15) is 15.6 Å². The lowest BCUT2D eigenvalue weighted by atomic mass is 9.93. The topological polar surface area (TPSA) is 71.5 Å². The highest BCUT2D eigenvalue weighted by molar-refractivity contribution is 7.17. The Balaban J connectivity index is 1.28. The number of amides is 2. The summed E-state index contributed by atoms with van der Waals surface area (Å²) in [6, 6.07) is 17.6. The number of nitrogens with one attached hydrogen (secondary N) is 1. The van der Waals surface area contributed by atoms with Gasteiger partial charge in [-0.2, -0.15) is 0 Å². The normalized spacial score (nSPS) is 14.2. The van der Waals surface area contributed by atoms with Crippen LogP contribution in [0.15, 0.2) is 54.6 Å². The molecular formula is C26H29N3O3S. The number of para-hydroxylation sites is 1. The average Bonchev–Trinajstić information content (AvgIpc) is 3.25. The Hall–Kier alpha value is -3.19. The quantitative estimate of drug-likeness (QED) is 0.552. The van der Waals surface area contributed by atoms with E-state index in [1.807, 2.05) is 66.4 Å². The molecule has 7 heteroatoms. The van der Waals surface area contributed by atoms with Crippen LogP contribution in [-0.2, 0) is 11.3 Å². The highest BCUT2D eigenvalue weighted by Gasteiger charge is 2.27. The van der Waals surface area contributed by atoms with E-state index in [4.69, 9.17) is 4.74 Å². The number of aromatic nitrogens is 1. The number of aryl methyl sites for hydroxylation is 1. The maximum atomic E-state index is 13.1. The van der Waals surface area contributed by atoms with Gasteiger partial charge in [0.2, 0.25) is 5.91 Å². The van der Waals surface area contributed by atoms with Gasteiger partial charge >= 0.3 is 0 Å². The molecule has 0 saturated carbocycles. The number of rotatable bonds is 7. The summed E-state index contributed by atoms with van der Waals surface area (Å²) in [4.78, 5) is 32.8. The number of hydrogen-bond donors (Lipinski definition) is 1. The van der Waals surface area contributed by atoms with Gasteiger partial charge in [-0.3, -0.25) is 9.59 Å². The number of nitrogens with zero attached hydrogens (tertiary/aromatic N) is 2. The van der Waals surface area contributed by atoms with Crippen molar-refractivity contribution in [3.63, 3.8) is 0 Å². The van der Waals surface area contributed by atoms with Crippen LogP contribution >= 0.6 is 11.3 Å². The van der Waals surface area contributed by atoms with Gasteiger partial charge < -0.3 is 15.0 Å². The summed E-state index contributed by atoms with van der Waals surface area (Å²) >= 11 is 1.46. The lowest BCUT2D eigenvalue weighted by Gasteiger charge is -2.31.